The molecule has 0 aromatic carbocycles. The van der Waals surface area contributed by atoms with Gasteiger partial charge < -0.3 is 10.6 Å². The van der Waals surface area contributed by atoms with Gasteiger partial charge in [0.1, 0.15) is 0 Å². The summed E-state index contributed by atoms with van der Waals surface area (Å²) in [6.07, 6.45) is 2.69. The molecule has 0 spiro atoms. The largest absolute Gasteiger partial charge is 0.353 e. The minimum atomic E-state index is 0.170. The highest BCUT2D eigenvalue weighted by molar-refractivity contribution is 5.76. The molecule has 0 saturated carbocycles. The van der Waals surface area contributed by atoms with Gasteiger partial charge in [0.05, 0.1) is 0 Å². The van der Waals surface area contributed by atoms with Gasteiger partial charge in [0.25, 0.3) is 0 Å². The quantitative estimate of drug-likeness (QED) is 0.628. The number of carbonyl (C=O) groups is 1. The van der Waals surface area contributed by atoms with Gasteiger partial charge in [0.2, 0.25) is 5.91 Å². The number of amides is 1. The summed E-state index contributed by atoms with van der Waals surface area (Å²) >= 11 is 0. The third kappa shape index (κ3) is 4.08. The summed E-state index contributed by atoms with van der Waals surface area (Å²) in [4.78, 5) is 11.3. The topological polar surface area (TPSA) is 41.1 Å². The molecule has 1 heterocycles. The van der Waals surface area contributed by atoms with E-state index >= 15 is 0 Å². The number of carbonyl (C=O) groups excluding carboxylic acids is 1. The van der Waals surface area contributed by atoms with Crippen LogP contribution in [0.15, 0.2) is 11.6 Å². The van der Waals surface area contributed by atoms with E-state index in [1.807, 2.05) is 19.9 Å². The Morgan fingerprint density at radius 2 is 2.23 bits per heavy atom. The lowest BCUT2D eigenvalue weighted by Crippen LogP contribution is -2.44. The normalized spacial score (nSPS) is 16.2. The fraction of sp³-hybridized carbons (Fsp3) is 0.700. The van der Waals surface area contributed by atoms with Crippen LogP contribution in [0.3, 0.4) is 0 Å². The molecule has 13 heavy (non-hydrogen) atoms. The van der Waals surface area contributed by atoms with Gasteiger partial charge in [-0.15, -0.1) is 0 Å². The van der Waals surface area contributed by atoms with Gasteiger partial charge in [0, 0.05) is 13.0 Å². The molecule has 0 atom stereocenters. The first-order valence-electron chi connectivity index (χ1n) is 4.79. The van der Waals surface area contributed by atoms with E-state index in [4.69, 9.17) is 0 Å². The van der Waals surface area contributed by atoms with Gasteiger partial charge in [-0.25, -0.2) is 0 Å². The van der Waals surface area contributed by atoms with Crippen molar-refractivity contribution in [1.29, 1.82) is 0 Å². The zero-order chi connectivity index (χ0) is 9.68. The summed E-state index contributed by atoms with van der Waals surface area (Å²) < 4.78 is 0. The van der Waals surface area contributed by atoms with Crippen LogP contribution >= 0.6 is 0 Å². The van der Waals surface area contributed by atoms with Crippen molar-refractivity contribution >= 4 is 5.91 Å². The highest BCUT2D eigenvalue weighted by atomic mass is 16.1. The molecule has 3 nitrogen and oxygen atoms in total. The van der Waals surface area contributed by atoms with Crippen LogP contribution in [0.2, 0.25) is 0 Å². The van der Waals surface area contributed by atoms with Gasteiger partial charge >= 0.3 is 0 Å². The molecule has 0 aromatic heterocycles. The van der Waals surface area contributed by atoms with Crippen molar-refractivity contribution in [2.75, 3.05) is 19.6 Å². The highest BCUT2D eigenvalue weighted by Crippen LogP contribution is 2.07. The van der Waals surface area contributed by atoms with E-state index in [1.54, 1.807) is 0 Å². The van der Waals surface area contributed by atoms with Crippen molar-refractivity contribution in [3.63, 3.8) is 0 Å². The fourth-order valence-electron chi connectivity index (χ4n) is 1.20. The summed E-state index contributed by atoms with van der Waals surface area (Å²) in [5.74, 6) is 0.732. The van der Waals surface area contributed by atoms with Crippen molar-refractivity contribution in [1.82, 2.24) is 10.6 Å². The van der Waals surface area contributed by atoms with E-state index < -0.39 is 0 Å². The molecule has 3 heteroatoms. The third-order valence-electron chi connectivity index (χ3n) is 2.15. The van der Waals surface area contributed by atoms with E-state index in [0.717, 1.165) is 13.1 Å². The SMILES string of the molecule is CC(C)=CCNC(=O)CC1CNC1. The summed E-state index contributed by atoms with van der Waals surface area (Å²) in [5, 5.41) is 6.02. The first kappa shape index (κ1) is 10.3. The molecule has 1 saturated heterocycles. The molecular weight excluding hydrogens is 164 g/mol. The van der Waals surface area contributed by atoms with Crippen LogP contribution in [0.25, 0.3) is 0 Å². The van der Waals surface area contributed by atoms with Crippen LogP contribution in [0.4, 0.5) is 0 Å². The average Bonchev–Trinajstić information content (AvgIpc) is 1.96. The monoisotopic (exact) mass is 182 g/mol. The lowest BCUT2D eigenvalue weighted by Gasteiger charge is -2.26. The van der Waals surface area contributed by atoms with Gasteiger partial charge in [0.15, 0.2) is 0 Å². The minimum Gasteiger partial charge on any atom is -0.353 e. The lowest BCUT2D eigenvalue weighted by atomic mass is 9.99. The third-order valence-corrected chi connectivity index (χ3v) is 2.15. The van der Waals surface area contributed by atoms with Crippen LogP contribution in [-0.4, -0.2) is 25.5 Å². The average molecular weight is 182 g/mol. The maximum Gasteiger partial charge on any atom is 0.220 e. The molecule has 1 fully saturated rings. The molecule has 1 amide bonds. The van der Waals surface area contributed by atoms with E-state index in [1.165, 1.54) is 5.57 Å². The Hall–Kier alpha value is -0.830. The van der Waals surface area contributed by atoms with Crippen LogP contribution in [0.1, 0.15) is 20.3 Å². The standard InChI is InChI=1S/C10H18N2O/c1-8(2)3-4-12-10(13)5-9-6-11-7-9/h3,9,11H,4-7H2,1-2H3,(H,12,13). The Bertz CT molecular complexity index is 203. The smallest absolute Gasteiger partial charge is 0.220 e. The Morgan fingerprint density at radius 1 is 1.54 bits per heavy atom. The Labute approximate surface area is 79.6 Å². The van der Waals surface area contributed by atoms with Crippen molar-refractivity contribution in [3.05, 3.63) is 11.6 Å². The maximum absolute atomic E-state index is 11.3. The second-order valence-electron chi connectivity index (χ2n) is 3.81. The molecule has 0 unspecified atom stereocenters. The molecule has 0 radical (unpaired) electrons. The molecule has 1 aliphatic rings. The first-order valence-corrected chi connectivity index (χ1v) is 4.79. The van der Waals surface area contributed by atoms with E-state index in [-0.39, 0.29) is 5.91 Å². The first-order chi connectivity index (χ1) is 6.18. The van der Waals surface area contributed by atoms with Crippen molar-refractivity contribution in [2.45, 2.75) is 20.3 Å². The zero-order valence-electron chi connectivity index (χ0n) is 8.39. The van der Waals surface area contributed by atoms with E-state index in [2.05, 4.69) is 10.6 Å². The lowest BCUT2D eigenvalue weighted by molar-refractivity contribution is -0.122. The zero-order valence-corrected chi connectivity index (χ0v) is 8.39. The number of hydrogen-bond acceptors (Lipinski definition) is 2. The number of hydrogen-bond donors (Lipinski definition) is 2. The molecule has 0 aliphatic carbocycles. The molecule has 74 valence electrons. The highest BCUT2D eigenvalue weighted by Gasteiger charge is 2.19. The fourth-order valence-corrected chi connectivity index (χ4v) is 1.20. The molecule has 1 aliphatic heterocycles. The minimum absolute atomic E-state index is 0.170. The van der Waals surface area contributed by atoms with Gasteiger partial charge in [-0.3, -0.25) is 4.79 Å². The number of nitrogens with one attached hydrogen (secondary N) is 2. The second-order valence-corrected chi connectivity index (χ2v) is 3.81. The summed E-state index contributed by atoms with van der Waals surface area (Å²) in [6, 6.07) is 0. The van der Waals surface area contributed by atoms with Gasteiger partial charge in [-0.2, -0.15) is 0 Å². The predicted octanol–water partition coefficient (Wildman–Crippen LogP) is 0.678. The molecule has 1 rings (SSSR count). The number of rotatable bonds is 4. The maximum atomic E-state index is 11.3. The molecular formula is C10H18N2O. The van der Waals surface area contributed by atoms with Crippen LogP contribution in [0.5, 0.6) is 0 Å². The van der Waals surface area contributed by atoms with Crippen LogP contribution < -0.4 is 10.6 Å². The van der Waals surface area contributed by atoms with E-state index in [9.17, 15) is 4.79 Å². The Morgan fingerprint density at radius 3 is 2.69 bits per heavy atom. The Kier molecular flexibility index (Phi) is 3.96. The van der Waals surface area contributed by atoms with E-state index in [0.29, 0.717) is 18.9 Å². The van der Waals surface area contributed by atoms with Gasteiger partial charge in [-0.1, -0.05) is 11.6 Å². The van der Waals surface area contributed by atoms with Crippen molar-refractivity contribution in [2.24, 2.45) is 5.92 Å². The molecule has 2 N–H and O–H groups in total. The van der Waals surface area contributed by atoms with Gasteiger partial charge in [-0.05, 0) is 32.9 Å². The van der Waals surface area contributed by atoms with Crippen molar-refractivity contribution < 1.29 is 4.79 Å². The summed E-state index contributed by atoms with van der Waals surface area (Å²) in [7, 11) is 0. The molecule has 0 bridgehead atoms. The summed E-state index contributed by atoms with van der Waals surface area (Å²) in [6.45, 7) is 6.72. The predicted molar refractivity (Wildman–Crippen MR) is 53.4 cm³/mol. The van der Waals surface area contributed by atoms with Crippen molar-refractivity contribution in [3.8, 4) is 0 Å². The van der Waals surface area contributed by atoms with Crippen LogP contribution in [0, 0.1) is 5.92 Å². The number of allylic oxidation sites excluding steroid dienone is 1. The second kappa shape index (κ2) is 5.02. The summed E-state index contributed by atoms with van der Waals surface area (Å²) in [5.41, 5.74) is 1.24. The molecule has 0 aromatic rings. The Balaban J connectivity index is 2.06. The van der Waals surface area contributed by atoms with Crippen LogP contribution in [-0.2, 0) is 4.79 Å².